The van der Waals surface area contributed by atoms with Crippen molar-refractivity contribution in [1.29, 1.82) is 0 Å². The van der Waals surface area contributed by atoms with E-state index in [-0.39, 0.29) is 6.10 Å². The van der Waals surface area contributed by atoms with Gasteiger partial charge >= 0.3 is 0 Å². The fraction of sp³-hybridized carbons (Fsp3) is 0.667. The van der Waals surface area contributed by atoms with Crippen LogP contribution in [-0.4, -0.2) is 27.1 Å². The molecule has 4 N–H and O–H groups in total. The second kappa shape index (κ2) is 4.22. The van der Waals surface area contributed by atoms with E-state index in [0.29, 0.717) is 24.0 Å². The molecule has 0 saturated heterocycles. The third-order valence-electron chi connectivity index (χ3n) is 1.28. The van der Waals surface area contributed by atoms with Crippen molar-refractivity contribution in [2.75, 3.05) is 17.6 Å². The molecule has 1 aromatic heterocycles. The van der Waals surface area contributed by atoms with Crippen LogP contribution in [0, 0.1) is 0 Å². The van der Waals surface area contributed by atoms with Crippen LogP contribution in [0.1, 0.15) is 13.3 Å². The van der Waals surface area contributed by atoms with E-state index < -0.39 is 0 Å². The number of hydrogen-bond acceptors (Lipinski definition) is 6. The maximum atomic E-state index is 8.94. The van der Waals surface area contributed by atoms with Crippen LogP contribution in [0.2, 0.25) is 0 Å². The van der Waals surface area contributed by atoms with Crippen molar-refractivity contribution < 1.29 is 5.11 Å². The summed E-state index contributed by atoms with van der Waals surface area (Å²) >= 11 is 1.22. The molecule has 6 heteroatoms. The average Bonchev–Trinajstić information content (AvgIpc) is 2.35. The van der Waals surface area contributed by atoms with Crippen LogP contribution in [0.15, 0.2) is 0 Å². The Hall–Kier alpha value is -0.880. The van der Waals surface area contributed by atoms with Gasteiger partial charge in [0.1, 0.15) is 0 Å². The zero-order valence-electron chi connectivity index (χ0n) is 6.82. The van der Waals surface area contributed by atoms with Gasteiger partial charge in [-0.1, -0.05) is 0 Å². The first-order chi connectivity index (χ1) is 5.68. The topological polar surface area (TPSA) is 84.1 Å². The molecular weight excluding hydrogens is 176 g/mol. The van der Waals surface area contributed by atoms with Crippen molar-refractivity contribution >= 4 is 22.6 Å². The monoisotopic (exact) mass is 188 g/mol. The zero-order valence-corrected chi connectivity index (χ0v) is 7.64. The first-order valence-electron chi connectivity index (χ1n) is 3.69. The summed E-state index contributed by atoms with van der Waals surface area (Å²) in [6, 6.07) is 0. The fourth-order valence-corrected chi connectivity index (χ4v) is 1.22. The Morgan fingerprint density at radius 2 is 2.50 bits per heavy atom. The maximum Gasteiger partial charge on any atom is 0.233 e. The predicted octanol–water partition coefficient (Wildman–Crippen LogP) is 0.303. The van der Waals surface area contributed by atoms with Crippen LogP contribution in [0.25, 0.3) is 0 Å². The van der Waals surface area contributed by atoms with Crippen LogP contribution < -0.4 is 11.1 Å². The summed E-state index contributed by atoms with van der Waals surface area (Å²) in [6.07, 6.45) is 0.405. The Bertz CT molecular complexity index is 237. The molecular formula is C6H12N4OS. The standard InChI is InChI=1S/C6H12N4OS/c1-4(11)2-3-8-6-9-5(7)10-12-6/h4,11H,2-3H2,1H3,(H3,7,8,9,10). The molecule has 12 heavy (non-hydrogen) atoms. The largest absolute Gasteiger partial charge is 0.393 e. The molecule has 68 valence electrons. The number of aliphatic hydroxyl groups excluding tert-OH is 1. The quantitative estimate of drug-likeness (QED) is 0.633. The second-order valence-electron chi connectivity index (χ2n) is 2.52. The van der Waals surface area contributed by atoms with Gasteiger partial charge in [0.25, 0.3) is 0 Å². The Morgan fingerprint density at radius 3 is 3.00 bits per heavy atom. The minimum atomic E-state index is -0.289. The van der Waals surface area contributed by atoms with Gasteiger partial charge in [0.15, 0.2) is 0 Å². The van der Waals surface area contributed by atoms with Crippen LogP contribution in [0.5, 0.6) is 0 Å². The summed E-state index contributed by atoms with van der Waals surface area (Å²) in [5, 5.41) is 12.6. The van der Waals surface area contributed by atoms with Crippen molar-refractivity contribution in [3.8, 4) is 0 Å². The number of aliphatic hydroxyl groups is 1. The SMILES string of the molecule is CC(O)CCNc1nc(N)ns1. The van der Waals surface area contributed by atoms with Crippen molar-refractivity contribution in [2.45, 2.75) is 19.4 Å². The number of nitrogens with one attached hydrogen (secondary N) is 1. The molecule has 5 nitrogen and oxygen atoms in total. The van der Waals surface area contributed by atoms with Gasteiger partial charge in [-0.2, -0.15) is 9.36 Å². The number of rotatable bonds is 4. The zero-order chi connectivity index (χ0) is 8.97. The number of aromatic nitrogens is 2. The summed E-state index contributed by atoms with van der Waals surface area (Å²) in [5.41, 5.74) is 5.31. The van der Waals surface area contributed by atoms with E-state index in [1.165, 1.54) is 11.5 Å². The normalized spacial score (nSPS) is 12.8. The molecule has 0 aliphatic carbocycles. The van der Waals surface area contributed by atoms with Crippen molar-refractivity contribution in [1.82, 2.24) is 9.36 Å². The molecule has 0 bridgehead atoms. The highest BCUT2D eigenvalue weighted by Gasteiger charge is 1.99. The summed E-state index contributed by atoms with van der Waals surface area (Å²) in [7, 11) is 0. The Balaban J connectivity index is 2.24. The highest BCUT2D eigenvalue weighted by Crippen LogP contribution is 2.11. The molecule has 1 heterocycles. The molecule has 0 radical (unpaired) electrons. The number of nitrogens with zero attached hydrogens (tertiary/aromatic N) is 2. The molecule has 1 aromatic rings. The van der Waals surface area contributed by atoms with Crippen LogP contribution in [-0.2, 0) is 0 Å². The van der Waals surface area contributed by atoms with Crippen molar-refractivity contribution in [2.24, 2.45) is 0 Å². The van der Waals surface area contributed by atoms with E-state index in [2.05, 4.69) is 14.7 Å². The van der Waals surface area contributed by atoms with Gasteiger partial charge in [-0.15, -0.1) is 0 Å². The number of anilines is 2. The smallest absolute Gasteiger partial charge is 0.233 e. The van der Waals surface area contributed by atoms with Gasteiger partial charge in [0, 0.05) is 18.1 Å². The lowest BCUT2D eigenvalue weighted by atomic mass is 10.3. The minimum Gasteiger partial charge on any atom is -0.393 e. The summed E-state index contributed by atoms with van der Waals surface area (Å²) in [5.74, 6) is 0.291. The highest BCUT2D eigenvalue weighted by atomic mass is 32.1. The Kier molecular flexibility index (Phi) is 3.24. The lowest BCUT2D eigenvalue weighted by Gasteiger charge is -2.03. The molecule has 0 amide bonds. The van der Waals surface area contributed by atoms with Gasteiger partial charge in [-0.25, -0.2) is 0 Å². The number of nitrogens with two attached hydrogens (primary N) is 1. The van der Waals surface area contributed by atoms with Crippen molar-refractivity contribution in [3.63, 3.8) is 0 Å². The molecule has 1 atom stereocenters. The van der Waals surface area contributed by atoms with E-state index in [4.69, 9.17) is 10.8 Å². The summed E-state index contributed by atoms with van der Waals surface area (Å²) < 4.78 is 3.80. The first-order valence-corrected chi connectivity index (χ1v) is 4.47. The molecule has 0 aliphatic heterocycles. The molecule has 0 fully saturated rings. The van der Waals surface area contributed by atoms with Gasteiger partial charge in [-0.05, 0) is 13.3 Å². The highest BCUT2D eigenvalue weighted by molar-refractivity contribution is 7.09. The Morgan fingerprint density at radius 1 is 1.75 bits per heavy atom. The van der Waals surface area contributed by atoms with E-state index >= 15 is 0 Å². The van der Waals surface area contributed by atoms with E-state index in [9.17, 15) is 0 Å². The maximum absolute atomic E-state index is 8.94. The van der Waals surface area contributed by atoms with Gasteiger partial charge < -0.3 is 16.2 Å². The van der Waals surface area contributed by atoms with Crippen LogP contribution in [0.3, 0.4) is 0 Å². The lowest BCUT2D eigenvalue weighted by molar-refractivity contribution is 0.189. The predicted molar refractivity (Wildman–Crippen MR) is 49.1 cm³/mol. The summed E-state index contributed by atoms with van der Waals surface area (Å²) in [4.78, 5) is 3.90. The van der Waals surface area contributed by atoms with E-state index in [0.717, 1.165) is 0 Å². The van der Waals surface area contributed by atoms with E-state index in [1.54, 1.807) is 6.92 Å². The minimum absolute atomic E-state index is 0.289. The average molecular weight is 188 g/mol. The summed E-state index contributed by atoms with van der Waals surface area (Å²) in [6.45, 7) is 2.43. The molecule has 0 spiro atoms. The van der Waals surface area contributed by atoms with Crippen molar-refractivity contribution in [3.05, 3.63) is 0 Å². The molecule has 0 saturated carbocycles. The molecule has 1 rings (SSSR count). The number of hydrogen-bond donors (Lipinski definition) is 3. The third-order valence-corrected chi connectivity index (χ3v) is 1.97. The van der Waals surface area contributed by atoms with Crippen LogP contribution >= 0.6 is 11.5 Å². The lowest BCUT2D eigenvalue weighted by Crippen LogP contribution is -2.09. The van der Waals surface area contributed by atoms with Crippen LogP contribution in [0.4, 0.5) is 11.1 Å². The van der Waals surface area contributed by atoms with Gasteiger partial charge in [-0.3, -0.25) is 0 Å². The van der Waals surface area contributed by atoms with Gasteiger partial charge in [0.2, 0.25) is 11.1 Å². The third kappa shape index (κ3) is 3.02. The van der Waals surface area contributed by atoms with Gasteiger partial charge in [0.05, 0.1) is 6.10 Å². The molecule has 0 aliphatic rings. The Labute approximate surface area is 74.8 Å². The molecule has 1 unspecified atom stereocenters. The first kappa shape index (κ1) is 9.21. The second-order valence-corrected chi connectivity index (χ2v) is 3.27. The fourth-order valence-electron chi connectivity index (χ4n) is 0.695. The molecule has 0 aromatic carbocycles. The van der Waals surface area contributed by atoms with E-state index in [1.807, 2.05) is 0 Å². The number of nitrogen functional groups attached to an aromatic ring is 1.